The first-order valence-corrected chi connectivity index (χ1v) is 15.1. The van der Waals surface area contributed by atoms with Crippen molar-refractivity contribution in [1.82, 2.24) is 10.2 Å². The predicted octanol–water partition coefficient (Wildman–Crippen LogP) is 6.54. The molecular formula is C35H34ClN3O3. The summed E-state index contributed by atoms with van der Waals surface area (Å²) in [5, 5.41) is 5.68. The summed E-state index contributed by atoms with van der Waals surface area (Å²) in [6.45, 7) is 0.0486. The van der Waals surface area contributed by atoms with Crippen LogP contribution in [0.5, 0.6) is 0 Å². The van der Waals surface area contributed by atoms with Crippen LogP contribution in [-0.2, 0) is 22.6 Å². The molecule has 0 spiro atoms. The van der Waals surface area contributed by atoms with E-state index in [0.717, 1.165) is 53.3 Å². The molecule has 1 fully saturated rings. The van der Waals surface area contributed by atoms with Crippen molar-refractivity contribution in [1.29, 1.82) is 0 Å². The topological polar surface area (TPSA) is 69.7 Å². The highest BCUT2D eigenvalue weighted by molar-refractivity contribution is 6.30. The highest BCUT2D eigenvalue weighted by Gasteiger charge is 2.36. The zero-order valence-electron chi connectivity index (χ0n) is 23.5. The summed E-state index contributed by atoms with van der Waals surface area (Å²) >= 11 is 6.16. The molecule has 42 heavy (non-hydrogen) atoms. The Morgan fingerprint density at radius 3 is 2.31 bits per heavy atom. The van der Waals surface area contributed by atoms with Gasteiger partial charge in [-0.2, -0.15) is 0 Å². The lowest BCUT2D eigenvalue weighted by Crippen LogP contribution is -2.54. The minimum Gasteiger partial charge on any atom is -0.352 e. The number of halogens is 1. The Kier molecular flexibility index (Phi) is 8.24. The van der Waals surface area contributed by atoms with Crippen molar-refractivity contribution in [3.8, 4) is 0 Å². The van der Waals surface area contributed by atoms with Crippen molar-refractivity contribution in [2.75, 3.05) is 11.4 Å². The van der Waals surface area contributed by atoms with E-state index < -0.39 is 6.04 Å². The molecule has 0 radical (unpaired) electrons. The van der Waals surface area contributed by atoms with Crippen LogP contribution in [0.1, 0.15) is 53.6 Å². The van der Waals surface area contributed by atoms with Gasteiger partial charge >= 0.3 is 0 Å². The molecule has 1 atom stereocenters. The Balaban J connectivity index is 1.34. The van der Waals surface area contributed by atoms with Crippen molar-refractivity contribution >= 4 is 45.8 Å². The van der Waals surface area contributed by atoms with Crippen LogP contribution in [0.3, 0.4) is 0 Å². The molecule has 0 saturated heterocycles. The van der Waals surface area contributed by atoms with Crippen LogP contribution in [0.2, 0.25) is 5.02 Å². The van der Waals surface area contributed by atoms with E-state index in [1.165, 1.54) is 6.42 Å². The summed E-state index contributed by atoms with van der Waals surface area (Å²) in [6.07, 6.45) is 5.61. The third kappa shape index (κ3) is 5.90. The second-order valence-electron chi connectivity index (χ2n) is 11.3. The molecule has 1 aliphatic heterocycles. The highest BCUT2D eigenvalue weighted by Crippen LogP contribution is 2.37. The van der Waals surface area contributed by atoms with E-state index in [1.54, 1.807) is 28.0 Å². The van der Waals surface area contributed by atoms with Gasteiger partial charge in [0.15, 0.2) is 0 Å². The van der Waals surface area contributed by atoms with Gasteiger partial charge in [-0.15, -0.1) is 0 Å². The molecule has 7 heteroatoms. The molecule has 4 aromatic carbocycles. The fraction of sp³-hybridized carbons (Fsp3) is 0.286. The van der Waals surface area contributed by atoms with Crippen LogP contribution in [0, 0.1) is 0 Å². The van der Waals surface area contributed by atoms with Gasteiger partial charge in [0.25, 0.3) is 5.91 Å². The lowest BCUT2D eigenvalue weighted by molar-refractivity contribution is -0.140. The molecular weight excluding hydrogens is 546 g/mol. The van der Waals surface area contributed by atoms with E-state index in [2.05, 4.69) is 5.32 Å². The number of hydrogen-bond acceptors (Lipinski definition) is 3. The van der Waals surface area contributed by atoms with E-state index >= 15 is 0 Å². The Morgan fingerprint density at radius 2 is 1.57 bits per heavy atom. The zero-order valence-corrected chi connectivity index (χ0v) is 24.2. The molecule has 1 heterocycles. The Bertz CT molecular complexity index is 1590. The third-order valence-corrected chi connectivity index (χ3v) is 8.68. The Hall–Kier alpha value is -4.16. The van der Waals surface area contributed by atoms with E-state index in [9.17, 15) is 14.4 Å². The quantitative estimate of drug-likeness (QED) is 0.245. The largest absolute Gasteiger partial charge is 0.352 e. The van der Waals surface area contributed by atoms with Crippen LogP contribution in [0.25, 0.3) is 10.8 Å². The van der Waals surface area contributed by atoms with Gasteiger partial charge in [0.2, 0.25) is 11.8 Å². The van der Waals surface area contributed by atoms with Crippen LogP contribution in [-0.4, -0.2) is 41.2 Å². The third-order valence-electron chi connectivity index (χ3n) is 8.43. The van der Waals surface area contributed by atoms with Gasteiger partial charge in [-0.3, -0.25) is 19.3 Å². The molecule has 4 aromatic rings. The summed E-state index contributed by atoms with van der Waals surface area (Å²) in [5.74, 6) is -0.651. The number of nitrogens with zero attached hydrogens (tertiary/aromatic N) is 2. The second-order valence-corrected chi connectivity index (χ2v) is 11.7. The Morgan fingerprint density at radius 1 is 0.857 bits per heavy atom. The van der Waals surface area contributed by atoms with Gasteiger partial charge in [-0.05, 0) is 53.6 Å². The minimum atomic E-state index is -0.756. The van der Waals surface area contributed by atoms with Crippen molar-refractivity contribution in [3.63, 3.8) is 0 Å². The predicted molar refractivity (Wildman–Crippen MR) is 167 cm³/mol. The number of amides is 3. The number of benzene rings is 4. The van der Waals surface area contributed by atoms with Gasteiger partial charge in [-0.25, -0.2) is 0 Å². The maximum Gasteiger partial charge on any atom is 0.259 e. The summed E-state index contributed by atoms with van der Waals surface area (Å²) in [4.78, 5) is 45.1. The average Bonchev–Trinajstić information content (AvgIpc) is 3.28. The molecule has 1 aliphatic carbocycles. The SMILES string of the molecule is O=C(NC1CCCCC1)C(Cc1ccccc1)N(Cc1ccc(Cl)cc1)C(=O)CN1C(=O)c2cccc3cccc1c23. The van der Waals surface area contributed by atoms with Crippen molar-refractivity contribution < 1.29 is 14.4 Å². The summed E-state index contributed by atoms with van der Waals surface area (Å²) in [5.41, 5.74) is 3.13. The zero-order chi connectivity index (χ0) is 29.1. The van der Waals surface area contributed by atoms with Crippen LogP contribution in [0.4, 0.5) is 5.69 Å². The highest BCUT2D eigenvalue weighted by atomic mass is 35.5. The minimum absolute atomic E-state index is 0.101. The first-order valence-electron chi connectivity index (χ1n) is 14.7. The molecule has 6 nitrogen and oxygen atoms in total. The fourth-order valence-electron chi connectivity index (χ4n) is 6.25. The standard InChI is InChI=1S/C35H34ClN3O3/c36-27-19-17-25(18-20-27)22-38(31(21-24-9-3-1-4-10-24)34(41)37-28-13-5-2-6-14-28)32(40)23-39-30-16-8-12-26-11-7-15-29(33(26)30)35(39)42/h1,3-4,7-12,15-20,28,31H,2,5-6,13-14,21-23H2,(H,37,41). The molecule has 3 amide bonds. The molecule has 1 unspecified atom stereocenters. The average molecular weight is 580 g/mol. The van der Waals surface area contributed by atoms with E-state index in [-0.39, 0.29) is 36.9 Å². The first-order chi connectivity index (χ1) is 20.5. The Labute approximate surface area is 251 Å². The number of nitrogens with one attached hydrogen (secondary N) is 1. The van der Waals surface area contributed by atoms with Gasteiger partial charge < -0.3 is 10.2 Å². The number of hydrogen-bond donors (Lipinski definition) is 1. The van der Waals surface area contributed by atoms with E-state index in [4.69, 9.17) is 11.6 Å². The normalized spacial score (nSPS) is 15.5. The maximum absolute atomic E-state index is 14.3. The van der Waals surface area contributed by atoms with Crippen LogP contribution in [0.15, 0.2) is 91.0 Å². The molecule has 6 rings (SSSR count). The van der Waals surface area contributed by atoms with Gasteiger partial charge in [0.1, 0.15) is 12.6 Å². The van der Waals surface area contributed by atoms with Crippen molar-refractivity contribution in [2.24, 2.45) is 0 Å². The number of carbonyl (C=O) groups excluding carboxylic acids is 3. The lowest BCUT2D eigenvalue weighted by atomic mass is 9.94. The van der Waals surface area contributed by atoms with Crippen LogP contribution >= 0.6 is 11.6 Å². The molecule has 2 aliphatic rings. The molecule has 1 N–H and O–H groups in total. The lowest BCUT2D eigenvalue weighted by Gasteiger charge is -2.34. The summed E-state index contributed by atoms with van der Waals surface area (Å²) in [7, 11) is 0. The summed E-state index contributed by atoms with van der Waals surface area (Å²) < 4.78 is 0. The fourth-order valence-corrected chi connectivity index (χ4v) is 6.37. The smallest absolute Gasteiger partial charge is 0.259 e. The number of anilines is 1. The van der Waals surface area contributed by atoms with Gasteiger partial charge in [0.05, 0.1) is 5.69 Å². The first kappa shape index (κ1) is 28.0. The van der Waals surface area contributed by atoms with E-state index in [0.29, 0.717) is 17.0 Å². The monoisotopic (exact) mass is 579 g/mol. The number of carbonyl (C=O) groups is 3. The van der Waals surface area contributed by atoms with Crippen molar-refractivity contribution in [3.05, 3.63) is 113 Å². The van der Waals surface area contributed by atoms with Gasteiger partial charge in [0, 0.05) is 35.0 Å². The second kappa shape index (κ2) is 12.4. The van der Waals surface area contributed by atoms with E-state index in [1.807, 2.05) is 72.8 Å². The van der Waals surface area contributed by atoms with Crippen LogP contribution < -0.4 is 10.2 Å². The summed E-state index contributed by atoms with van der Waals surface area (Å²) in [6, 6.07) is 27.8. The molecule has 1 saturated carbocycles. The maximum atomic E-state index is 14.3. The van der Waals surface area contributed by atoms with Crippen molar-refractivity contribution in [2.45, 2.75) is 57.2 Å². The number of rotatable bonds is 9. The van der Waals surface area contributed by atoms with Gasteiger partial charge in [-0.1, -0.05) is 97.6 Å². The molecule has 0 bridgehead atoms. The molecule has 0 aromatic heterocycles. The molecule has 214 valence electrons.